The third-order valence-electron chi connectivity index (χ3n) is 2.97. The Morgan fingerprint density at radius 3 is 3.00 bits per heavy atom. The van der Waals surface area contributed by atoms with E-state index >= 15 is 0 Å². The van der Waals surface area contributed by atoms with Crippen molar-refractivity contribution in [1.29, 1.82) is 0 Å². The SMILES string of the molecule is CCCn1ncnc1CC(O)c1sccc1CC. The van der Waals surface area contributed by atoms with Gasteiger partial charge in [-0.2, -0.15) is 5.10 Å². The zero-order chi connectivity index (χ0) is 13.0. The third-order valence-corrected chi connectivity index (χ3v) is 4.03. The first-order chi connectivity index (χ1) is 8.76. The summed E-state index contributed by atoms with van der Waals surface area (Å²) in [5.41, 5.74) is 1.23. The van der Waals surface area contributed by atoms with Crippen LogP contribution in [0.2, 0.25) is 0 Å². The number of hydrogen-bond acceptors (Lipinski definition) is 4. The number of aliphatic hydroxyl groups excluding tert-OH is 1. The molecule has 1 atom stereocenters. The number of nitrogens with zero attached hydrogens (tertiary/aromatic N) is 3. The first-order valence-electron chi connectivity index (χ1n) is 6.37. The molecule has 18 heavy (non-hydrogen) atoms. The van der Waals surface area contributed by atoms with Crippen LogP contribution in [0.3, 0.4) is 0 Å². The highest BCUT2D eigenvalue weighted by Gasteiger charge is 2.16. The van der Waals surface area contributed by atoms with Crippen molar-refractivity contribution < 1.29 is 5.11 Å². The van der Waals surface area contributed by atoms with Crippen molar-refractivity contribution in [3.05, 3.63) is 34.0 Å². The van der Waals surface area contributed by atoms with Gasteiger partial charge in [-0.3, -0.25) is 4.68 Å². The molecular formula is C13H19N3OS. The Bertz CT molecular complexity index is 492. The van der Waals surface area contributed by atoms with E-state index in [9.17, 15) is 5.11 Å². The van der Waals surface area contributed by atoms with E-state index in [0.29, 0.717) is 6.42 Å². The van der Waals surface area contributed by atoms with Crippen molar-refractivity contribution in [2.24, 2.45) is 0 Å². The smallest absolute Gasteiger partial charge is 0.138 e. The lowest BCUT2D eigenvalue weighted by Crippen LogP contribution is -2.10. The number of thiophene rings is 1. The molecule has 4 nitrogen and oxygen atoms in total. The first kappa shape index (κ1) is 13.2. The van der Waals surface area contributed by atoms with Crippen molar-refractivity contribution >= 4 is 11.3 Å². The molecule has 0 saturated carbocycles. The summed E-state index contributed by atoms with van der Waals surface area (Å²) in [6, 6.07) is 2.08. The molecule has 2 aromatic rings. The van der Waals surface area contributed by atoms with Crippen molar-refractivity contribution in [2.75, 3.05) is 0 Å². The second-order valence-corrected chi connectivity index (χ2v) is 5.23. The van der Waals surface area contributed by atoms with Gasteiger partial charge in [0.25, 0.3) is 0 Å². The minimum Gasteiger partial charge on any atom is -0.387 e. The van der Waals surface area contributed by atoms with Crippen LogP contribution in [-0.4, -0.2) is 19.9 Å². The molecule has 0 bridgehead atoms. The van der Waals surface area contributed by atoms with Crippen LogP contribution in [-0.2, 0) is 19.4 Å². The van der Waals surface area contributed by atoms with Crippen molar-refractivity contribution in [1.82, 2.24) is 14.8 Å². The number of aromatic nitrogens is 3. The van der Waals surface area contributed by atoms with Gasteiger partial charge in [0.2, 0.25) is 0 Å². The van der Waals surface area contributed by atoms with Gasteiger partial charge in [0, 0.05) is 17.8 Å². The van der Waals surface area contributed by atoms with Crippen LogP contribution in [0.4, 0.5) is 0 Å². The fourth-order valence-electron chi connectivity index (χ4n) is 2.04. The highest BCUT2D eigenvalue weighted by Crippen LogP contribution is 2.27. The standard InChI is InChI=1S/C13H19N3OS/c1-3-6-16-12(14-9-15-16)8-11(17)13-10(4-2)5-7-18-13/h5,7,9,11,17H,3-4,6,8H2,1-2H3. The second-order valence-electron chi connectivity index (χ2n) is 4.28. The molecule has 0 spiro atoms. The highest BCUT2D eigenvalue weighted by atomic mass is 32.1. The van der Waals surface area contributed by atoms with Crippen molar-refractivity contribution in [3.63, 3.8) is 0 Å². The summed E-state index contributed by atoms with van der Waals surface area (Å²) in [4.78, 5) is 5.30. The fraction of sp³-hybridized carbons (Fsp3) is 0.538. The fourth-order valence-corrected chi connectivity index (χ4v) is 3.03. The highest BCUT2D eigenvalue weighted by molar-refractivity contribution is 7.10. The molecule has 0 radical (unpaired) electrons. The van der Waals surface area contributed by atoms with Crippen molar-refractivity contribution in [3.8, 4) is 0 Å². The Morgan fingerprint density at radius 1 is 1.44 bits per heavy atom. The molecule has 2 heterocycles. The van der Waals surface area contributed by atoms with Gasteiger partial charge in [0.15, 0.2) is 0 Å². The average Bonchev–Trinajstić information content (AvgIpc) is 2.98. The minimum absolute atomic E-state index is 0.472. The van der Waals surface area contributed by atoms with Gasteiger partial charge in [-0.25, -0.2) is 4.98 Å². The molecule has 5 heteroatoms. The Kier molecular flexibility index (Phi) is 4.49. The van der Waals surface area contributed by atoms with Gasteiger partial charge >= 0.3 is 0 Å². The van der Waals surface area contributed by atoms with E-state index in [4.69, 9.17) is 0 Å². The molecule has 0 saturated heterocycles. The maximum Gasteiger partial charge on any atom is 0.138 e. The summed E-state index contributed by atoms with van der Waals surface area (Å²) in [6.07, 6.45) is 3.60. The van der Waals surface area contributed by atoms with Crippen LogP contribution in [0.25, 0.3) is 0 Å². The van der Waals surface area contributed by atoms with Crippen LogP contribution in [0.5, 0.6) is 0 Å². The molecule has 0 aliphatic rings. The molecule has 1 unspecified atom stereocenters. The molecule has 2 aromatic heterocycles. The van der Waals surface area contributed by atoms with Gasteiger partial charge < -0.3 is 5.11 Å². The lowest BCUT2D eigenvalue weighted by Gasteiger charge is -2.11. The lowest BCUT2D eigenvalue weighted by atomic mass is 10.1. The molecule has 2 rings (SSSR count). The largest absolute Gasteiger partial charge is 0.387 e. The van der Waals surface area contributed by atoms with E-state index in [1.807, 2.05) is 10.1 Å². The first-order valence-corrected chi connectivity index (χ1v) is 7.25. The average molecular weight is 265 g/mol. The monoisotopic (exact) mass is 265 g/mol. The van der Waals surface area contributed by atoms with Crippen molar-refractivity contribution in [2.45, 2.75) is 45.8 Å². The minimum atomic E-state index is -0.472. The summed E-state index contributed by atoms with van der Waals surface area (Å²) in [7, 11) is 0. The Balaban J connectivity index is 2.11. The summed E-state index contributed by atoms with van der Waals surface area (Å²) in [5, 5.41) is 16.5. The Hall–Kier alpha value is -1.20. The predicted molar refractivity (Wildman–Crippen MR) is 72.7 cm³/mol. The van der Waals surface area contributed by atoms with Crippen LogP contribution >= 0.6 is 11.3 Å². The van der Waals surface area contributed by atoms with Gasteiger partial charge in [-0.15, -0.1) is 11.3 Å². The molecule has 0 aliphatic heterocycles. The van der Waals surface area contributed by atoms with Crippen LogP contribution in [0, 0.1) is 0 Å². The number of hydrogen-bond donors (Lipinski definition) is 1. The second kappa shape index (κ2) is 6.11. The molecule has 0 fully saturated rings. The zero-order valence-corrected chi connectivity index (χ0v) is 11.7. The molecule has 98 valence electrons. The lowest BCUT2D eigenvalue weighted by molar-refractivity contribution is 0.176. The summed E-state index contributed by atoms with van der Waals surface area (Å²) < 4.78 is 1.88. The summed E-state index contributed by atoms with van der Waals surface area (Å²) in [5.74, 6) is 0.861. The quantitative estimate of drug-likeness (QED) is 0.873. The van der Waals surface area contributed by atoms with E-state index < -0.39 is 6.10 Å². The topological polar surface area (TPSA) is 50.9 Å². The maximum absolute atomic E-state index is 10.3. The van der Waals surface area contributed by atoms with Crippen LogP contribution in [0.1, 0.15) is 42.6 Å². The summed E-state index contributed by atoms with van der Waals surface area (Å²) >= 11 is 1.62. The Labute approximate surface area is 111 Å². The molecule has 0 aliphatic carbocycles. The Morgan fingerprint density at radius 2 is 2.28 bits per heavy atom. The van der Waals surface area contributed by atoms with E-state index in [0.717, 1.165) is 30.1 Å². The predicted octanol–water partition coefficient (Wildman–Crippen LogP) is 2.59. The van der Waals surface area contributed by atoms with E-state index in [2.05, 4.69) is 30.0 Å². The number of aliphatic hydroxyl groups is 1. The van der Waals surface area contributed by atoms with E-state index in [-0.39, 0.29) is 0 Å². The van der Waals surface area contributed by atoms with Gasteiger partial charge in [-0.05, 0) is 29.9 Å². The molecule has 0 amide bonds. The summed E-state index contributed by atoms with van der Waals surface area (Å²) in [6.45, 7) is 5.07. The number of rotatable bonds is 6. The zero-order valence-electron chi connectivity index (χ0n) is 10.8. The van der Waals surface area contributed by atoms with E-state index in [1.54, 1.807) is 17.7 Å². The molecule has 1 N–H and O–H groups in total. The normalized spacial score (nSPS) is 12.8. The molecular weight excluding hydrogens is 246 g/mol. The van der Waals surface area contributed by atoms with Gasteiger partial charge in [0.05, 0.1) is 6.10 Å². The third kappa shape index (κ3) is 2.79. The van der Waals surface area contributed by atoms with Crippen LogP contribution in [0.15, 0.2) is 17.8 Å². The molecule has 0 aromatic carbocycles. The van der Waals surface area contributed by atoms with E-state index in [1.165, 1.54) is 5.56 Å². The number of aryl methyl sites for hydroxylation is 2. The van der Waals surface area contributed by atoms with Gasteiger partial charge in [-0.1, -0.05) is 13.8 Å². The maximum atomic E-state index is 10.3. The van der Waals surface area contributed by atoms with Crippen LogP contribution < -0.4 is 0 Å². The van der Waals surface area contributed by atoms with Gasteiger partial charge in [0.1, 0.15) is 12.2 Å².